The Morgan fingerprint density at radius 2 is 1.73 bits per heavy atom. The van der Waals surface area contributed by atoms with Crippen LogP contribution in [0.1, 0.15) is 76.3 Å². The van der Waals surface area contributed by atoms with Crippen molar-refractivity contribution in [3.8, 4) is 21.7 Å². The monoisotopic (exact) mass is 644 g/mol. The quantitative estimate of drug-likeness (QED) is 0.190. The second-order valence-electron chi connectivity index (χ2n) is 13.4. The van der Waals surface area contributed by atoms with Crippen LogP contribution in [0.5, 0.6) is 0 Å². The van der Waals surface area contributed by atoms with Gasteiger partial charge in [-0.25, -0.2) is 9.78 Å². The smallest absolute Gasteiger partial charge is 0.337 e. The summed E-state index contributed by atoms with van der Waals surface area (Å²) in [5, 5.41) is 18.1. The fourth-order valence-corrected chi connectivity index (χ4v) is 7.83. The molecule has 9 heteroatoms. The summed E-state index contributed by atoms with van der Waals surface area (Å²) >= 11 is 7.85. The lowest BCUT2D eigenvalue weighted by atomic mass is 9.91. The van der Waals surface area contributed by atoms with E-state index in [4.69, 9.17) is 26.4 Å². The molecule has 0 spiro atoms. The Balaban J connectivity index is 1.50. The third kappa shape index (κ3) is 6.26. The van der Waals surface area contributed by atoms with Crippen molar-refractivity contribution in [3.05, 3.63) is 70.4 Å². The van der Waals surface area contributed by atoms with E-state index in [1.165, 1.54) is 11.1 Å². The van der Waals surface area contributed by atoms with Crippen LogP contribution in [0.15, 0.2) is 48.5 Å². The van der Waals surface area contributed by atoms with Crippen LogP contribution in [0.4, 0.5) is 0 Å². The molecule has 3 aromatic carbocycles. The number of hydrogen-bond donors (Lipinski definition) is 1. The molecule has 0 bridgehead atoms. The molecule has 0 radical (unpaired) electrons. The third-order valence-electron chi connectivity index (χ3n) is 8.79. The number of nitrogens with zero attached hydrogens (tertiary/aromatic N) is 4. The van der Waals surface area contributed by atoms with Gasteiger partial charge in [-0.05, 0) is 115 Å². The van der Waals surface area contributed by atoms with E-state index in [1.807, 2.05) is 69.8 Å². The van der Waals surface area contributed by atoms with E-state index in [-0.39, 0.29) is 0 Å². The van der Waals surface area contributed by atoms with Gasteiger partial charge in [0.15, 0.2) is 6.10 Å². The van der Waals surface area contributed by atoms with Gasteiger partial charge in [0.05, 0.1) is 27.0 Å². The fraction of sp³-hybridized carbons (Fsp3) is 0.417. The van der Waals surface area contributed by atoms with Crippen LogP contribution in [0, 0.1) is 6.92 Å². The number of likely N-dealkylation sites (tertiary alicyclic amines) is 1. The average molecular weight is 645 g/mol. The number of ether oxygens (including phenoxy) is 1. The fourth-order valence-electron chi connectivity index (χ4n) is 6.58. The van der Waals surface area contributed by atoms with Crippen molar-refractivity contribution in [1.82, 2.24) is 19.7 Å². The highest BCUT2D eigenvalue weighted by molar-refractivity contribution is 7.22. The summed E-state index contributed by atoms with van der Waals surface area (Å²) in [4.78, 5) is 20.4. The summed E-state index contributed by atoms with van der Waals surface area (Å²) < 4.78 is 9.10. The largest absolute Gasteiger partial charge is 0.479 e. The molecule has 1 atom stereocenters. The molecule has 45 heavy (non-hydrogen) atoms. The van der Waals surface area contributed by atoms with Crippen LogP contribution >= 0.6 is 22.9 Å². The number of thiazole rings is 1. The maximum atomic E-state index is 12.7. The van der Waals surface area contributed by atoms with Crippen LogP contribution in [0.25, 0.3) is 42.8 Å². The minimum Gasteiger partial charge on any atom is -0.479 e. The van der Waals surface area contributed by atoms with Crippen LogP contribution in [0.3, 0.4) is 0 Å². The number of piperidine rings is 1. The zero-order valence-corrected chi connectivity index (χ0v) is 28.6. The van der Waals surface area contributed by atoms with Gasteiger partial charge in [-0.2, -0.15) is 5.10 Å². The first-order chi connectivity index (χ1) is 21.3. The van der Waals surface area contributed by atoms with E-state index in [9.17, 15) is 9.90 Å². The van der Waals surface area contributed by atoms with Crippen LogP contribution < -0.4 is 0 Å². The number of rotatable bonds is 7. The maximum Gasteiger partial charge on any atom is 0.337 e. The number of carboxylic acids is 1. The molecule has 0 aliphatic carbocycles. The predicted octanol–water partition coefficient (Wildman–Crippen LogP) is 9.01. The Morgan fingerprint density at radius 1 is 1.07 bits per heavy atom. The van der Waals surface area contributed by atoms with Crippen LogP contribution in [0.2, 0.25) is 5.02 Å². The SMILES string of the molecule is Cc1cc2nc(-c3ccc4c(c3)c(C3CCN(C(C)C)CC3)nn4C)sc2c(-c2ccc(Cl)cc2)c1[C@H](OC(C)(C)C)C(=O)O. The Kier molecular flexibility index (Phi) is 8.54. The molecule has 7 nitrogen and oxygen atoms in total. The number of carboxylic acid groups (broad SMARTS) is 1. The Hall–Kier alpha value is -3.30. The molecule has 2 aromatic heterocycles. The molecule has 1 aliphatic rings. The molecule has 236 valence electrons. The molecule has 0 unspecified atom stereocenters. The van der Waals surface area contributed by atoms with Crippen molar-refractivity contribution in [2.75, 3.05) is 13.1 Å². The van der Waals surface area contributed by atoms with Gasteiger partial charge in [-0.1, -0.05) is 23.7 Å². The van der Waals surface area contributed by atoms with Gasteiger partial charge in [0.25, 0.3) is 0 Å². The molecular formula is C36H41ClN4O3S. The topological polar surface area (TPSA) is 80.5 Å². The van der Waals surface area contributed by atoms with Crippen molar-refractivity contribution >= 4 is 50.0 Å². The standard InChI is InChI=1S/C36H41ClN4O3S/c1-20(2)41-16-14-23(15-17-41)31-26-19-24(10-13-28(26)40(7)39-31)34-38-27-18-21(3)29(32(35(42)43)44-36(4,5)6)30(33(27)45-34)22-8-11-25(37)12-9-22/h8-13,18-20,23,32H,14-17H2,1-7H3,(H,42,43)/t32-/m0/s1. The molecular weight excluding hydrogens is 604 g/mol. The Bertz CT molecular complexity index is 1880. The highest BCUT2D eigenvalue weighted by Crippen LogP contribution is 2.45. The number of halogens is 1. The molecule has 3 heterocycles. The molecule has 1 saturated heterocycles. The number of benzene rings is 3. The molecule has 1 aliphatic heterocycles. The first kappa shape index (κ1) is 31.7. The van der Waals surface area contributed by atoms with Crippen molar-refractivity contribution in [3.63, 3.8) is 0 Å². The lowest BCUT2D eigenvalue weighted by molar-refractivity contribution is -0.160. The Morgan fingerprint density at radius 3 is 2.36 bits per heavy atom. The zero-order valence-electron chi connectivity index (χ0n) is 27.0. The van der Waals surface area contributed by atoms with Gasteiger partial charge < -0.3 is 14.7 Å². The second-order valence-corrected chi connectivity index (χ2v) is 14.9. The minimum atomic E-state index is -1.15. The first-order valence-electron chi connectivity index (χ1n) is 15.6. The van der Waals surface area contributed by atoms with E-state index < -0.39 is 17.7 Å². The summed E-state index contributed by atoms with van der Waals surface area (Å²) in [6, 6.07) is 16.6. The number of carbonyl (C=O) groups is 1. The van der Waals surface area contributed by atoms with Crippen LogP contribution in [-0.4, -0.2) is 55.5 Å². The van der Waals surface area contributed by atoms with E-state index in [2.05, 4.69) is 36.9 Å². The predicted molar refractivity (Wildman–Crippen MR) is 184 cm³/mol. The van der Waals surface area contributed by atoms with E-state index in [0.29, 0.717) is 22.5 Å². The minimum absolute atomic E-state index is 0.423. The lowest BCUT2D eigenvalue weighted by Crippen LogP contribution is -2.37. The highest BCUT2D eigenvalue weighted by atomic mass is 35.5. The van der Waals surface area contributed by atoms with Crippen molar-refractivity contribution in [1.29, 1.82) is 0 Å². The van der Waals surface area contributed by atoms with E-state index in [0.717, 1.165) is 68.9 Å². The van der Waals surface area contributed by atoms with Gasteiger partial charge in [-0.3, -0.25) is 4.68 Å². The van der Waals surface area contributed by atoms with Gasteiger partial charge in [-0.15, -0.1) is 11.3 Å². The van der Waals surface area contributed by atoms with Crippen molar-refractivity contribution in [2.24, 2.45) is 7.05 Å². The van der Waals surface area contributed by atoms with Gasteiger partial charge in [0.2, 0.25) is 0 Å². The Labute approximate surface area is 273 Å². The normalized spacial score (nSPS) is 15.8. The summed E-state index contributed by atoms with van der Waals surface area (Å²) in [5.74, 6) is -0.604. The summed E-state index contributed by atoms with van der Waals surface area (Å²) in [6.45, 7) is 14.3. The number of hydrogen-bond acceptors (Lipinski definition) is 6. The molecule has 0 amide bonds. The van der Waals surface area contributed by atoms with Gasteiger partial charge >= 0.3 is 5.97 Å². The molecule has 1 N–H and O–H groups in total. The number of aliphatic carboxylic acids is 1. The summed E-state index contributed by atoms with van der Waals surface area (Å²) in [6.07, 6.45) is 1.05. The number of aromatic nitrogens is 3. The number of aryl methyl sites for hydroxylation is 2. The molecule has 0 saturated carbocycles. The first-order valence-corrected chi connectivity index (χ1v) is 16.8. The second kappa shape index (κ2) is 12.1. The lowest BCUT2D eigenvalue weighted by Gasteiger charge is -2.34. The molecule has 6 rings (SSSR count). The van der Waals surface area contributed by atoms with Gasteiger partial charge in [0, 0.05) is 46.1 Å². The average Bonchev–Trinajstić information content (AvgIpc) is 3.56. The zero-order chi connectivity index (χ0) is 32.2. The summed E-state index contributed by atoms with van der Waals surface area (Å²) in [5.41, 5.74) is 6.63. The van der Waals surface area contributed by atoms with Crippen molar-refractivity contribution < 1.29 is 14.6 Å². The molecule has 5 aromatic rings. The van der Waals surface area contributed by atoms with E-state index in [1.54, 1.807) is 11.3 Å². The highest BCUT2D eigenvalue weighted by Gasteiger charge is 2.33. The maximum absolute atomic E-state index is 12.7. The molecule has 1 fully saturated rings. The van der Waals surface area contributed by atoms with E-state index >= 15 is 0 Å². The van der Waals surface area contributed by atoms with Crippen molar-refractivity contribution in [2.45, 2.75) is 78.0 Å². The third-order valence-corrected chi connectivity index (χ3v) is 10.2. The van der Waals surface area contributed by atoms with Crippen LogP contribution in [-0.2, 0) is 16.6 Å². The number of fused-ring (bicyclic) bond motifs is 2. The summed E-state index contributed by atoms with van der Waals surface area (Å²) in [7, 11) is 2.02. The van der Waals surface area contributed by atoms with Gasteiger partial charge in [0.1, 0.15) is 5.01 Å².